The first-order valence-corrected chi connectivity index (χ1v) is 11.9. The normalized spacial score (nSPS) is 14.7. The fourth-order valence-corrected chi connectivity index (χ4v) is 4.37. The number of aromatic nitrogens is 7. The number of nitrogens with one attached hydrogen (secondary N) is 2. The predicted octanol–water partition coefficient (Wildman–Crippen LogP) is 3.06. The molecule has 11 nitrogen and oxygen atoms in total. The number of imidazole rings is 1. The number of aliphatic imine (C=N–C) groups is 1. The number of pyridine rings is 3. The van der Waals surface area contributed by atoms with Crippen molar-refractivity contribution in [3.8, 4) is 11.4 Å². The number of anilines is 1. The summed E-state index contributed by atoms with van der Waals surface area (Å²) in [5.74, 6) is 1.24. The Morgan fingerprint density at radius 3 is 2.81 bits per heavy atom. The molecule has 0 saturated carbocycles. The molecule has 0 unspecified atom stereocenters. The fraction of sp³-hybridized carbons (Fsp3) is 0.280. The molecule has 0 aromatic carbocycles. The molecule has 0 radical (unpaired) electrons. The smallest absolute Gasteiger partial charge is 0.261 e. The van der Waals surface area contributed by atoms with E-state index in [4.69, 9.17) is 14.7 Å². The van der Waals surface area contributed by atoms with Crippen LogP contribution in [0.3, 0.4) is 0 Å². The standard InChI is InChI=1S/C25H25N9O2/c1-3-34-14-19-22(32-34)23(28-15(2)16-6-4-5-7-26-16)21(25(35)31-19)24-29-17-12-20(27-13-18(17)30-24)33-8-10-36-11-9-33/h4-7,12-14H,3,8-11H2,1-2H3,(H,29,30)(H,31,35). The van der Waals surface area contributed by atoms with Crippen molar-refractivity contribution in [2.45, 2.75) is 20.4 Å². The van der Waals surface area contributed by atoms with Crippen LogP contribution in [0.25, 0.3) is 33.5 Å². The van der Waals surface area contributed by atoms with Gasteiger partial charge in [0.05, 0.1) is 47.4 Å². The molecular weight excluding hydrogens is 458 g/mol. The van der Waals surface area contributed by atoms with Crippen LogP contribution in [0.15, 0.2) is 52.6 Å². The molecule has 1 saturated heterocycles. The summed E-state index contributed by atoms with van der Waals surface area (Å²) in [6.07, 6.45) is 5.27. The van der Waals surface area contributed by atoms with E-state index in [-0.39, 0.29) is 5.56 Å². The van der Waals surface area contributed by atoms with E-state index in [2.05, 4.69) is 29.9 Å². The van der Waals surface area contributed by atoms with Gasteiger partial charge in [-0.2, -0.15) is 5.10 Å². The molecule has 1 aliphatic heterocycles. The van der Waals surface area contributed by atoms with E-state index in [1.807, 2.05) is 44.3 Å². The van der Waals surface area contributed by atoms with Crippen LogP contribution in [-0.2, 0) is 11.3 Å². The van der Waals surface area contributed by atoms with Gasteiger partial charge in [-0.3, -0.25) is 14.5 Å². The SMILES string of the molecule is CCn1cc2[nH]c(=O)c(-c3nc4cc(N5CCOCC5)ncc4[nH]3)c(N=C(C)c3ccccn3)c2n1. The van der Waals surface area contributed by atoms with Gasteiger partial charge in [0, 0.05) is 38.1 Å². The highest BCUT2D eigenvalue weighted by Gasteiger charge is 2.21. The van der Waals surface area contributed by atoms with Crippen LogP contribution >= 0.6 is 0 Å². The van der Waals surface area contributed by atoms with E-state index in [1.165, 1.54) is 0 Å². The number of fused-ring (bicyclic) bond motifs is 2. The molecule has 11 heteroatoms. The first-order chi connectivity index (χ1) is 17.6. The lowest BCUT2D eigenvalue weighted by Crippen LogP contribution is -2.36. The van der Waals surface area contributed by atoms with Crippen LogP contribution in [0.5, 0.6) is 0 Å². The monoisotopic (exact) mass is 483 g/mol. The van der Waals surface area contributed by atoms with E-state index in [1.54, 1.807) is 17.1 Å². The number of hydrogen-bond donors (Lipinski definition) is 2. The third kappa shape index (κ3) is 3.93. The van der Waals surface area contributed by atoms with Crippen molar-refractivity contribution in [2.24, 2.45) is 4.99 Å². The van der Waals surface area contributed by atoms with Crippen LogP contribution in [0.2, 0.25) is 0 Å². The Morgan fingerprint density at radius 1 is 1.17 bits per heavy atom. The van der Waals surface area contributed by atoms with Gasteiger partial charge in [-0.1, -0.05) is 6.07 Å². The number of H-pyrrole nitrogens is 2. The van der Waals surface area contributed by atoms with Crippen LogP contribution < -0.4 is 10.5 Å². The Bertz CT molecular complexity index is 1640. The molecule has 0 spiro atoms. The molecule has 0 bridgehead atoms. The molecule has 1 fully saturated rings. The molecule has 5 aromatic heterocycles. The van der Waals surface area contributed by atoms with Crippen LogP contribution in [0.4, 0.5) is 11.5 Å². The molecule has 0 amide bonds. The van der Waals surface area contributed by atoms with Crippen molar-refractivity contribution in [3.05, 3.63) is 58.9 Å². The largest absolute Gasteiger partial charge is 0.378 e. The zero-order valence-corrected chi connectivity index (χ0v) is 20.0. The number of ether oxygens (including phenoxy) is 1. The van der Waals surface area contributed by atoms with Crippen molar-refractivity contribution >= 4 is 39.3 Å². The summed E-state index contributed by atoms with van der Waals surface area (Å²) in [6.45, 7) is 7.41. The van der Waals surface area contributed by atoms with Crippen LogP contribution in [0, 0.1) is 0 Å². The van der Waals surface area contributed by atoms with Gasteiger partial charge in [0.15, 0.2) is 0 Å². The van der Waals surface area contributed by atoms with Crippen molar-refractivity contribution in [2.75, 3.05) is 31.2 Å². The van der Waals surface area contributed by atoms with Gasteiger partial charge in [0.25, 0.3) is 5.56 Å². The third-order valence-corrected chi connectivity index (χ3v) is 6.26. The maximum absolute atomic E-state index is 13.4. The van der Waals surface area contributed by atoms with Crippen molar-refractivity contribution in [3.63, 3.8) is 0 Å². The average molecular weight is 484 g/mol. The van der Waals surface area contributed by atoms with Crippen LogP contribution in [-0.4, -0.2) is 66.7 Å². The van der Waals surface area contributed by atoms with Gasteiger partial charge >= 0.3 is 0 Å². The van der Waals surface area contributed by atoms with Gasteiger partial charge in [0.1, 0.15) is 28.4 Å². The minimum absolute atomic E-state index is 0.300. The first-order valence-electron chi connectivity index (χ1n) is 11.9. The fourth-order valence-electron chi connectivity index (χ4n) is 4.37. The minimum Gasteiger partial charge on any atom is -0.378 e. The lowest BCUT2D eigenvalue weighted by atomic mass is 10.1. The minimum atomic E-state index is -0.300. The number of aromatic amines is 2. The Balaban J connectivity index is 1.53. The molecule has 0 atom stereocenters. The maximum atomic E-state index is 13.4. The van der Waals surface area contributed by atoms with Crippen molar-refractivity contribution < 1.29 is 4.74 Å². The summed E-state index contributed by atoms with van der Waals surface area (Å²) in [5, 5.41) is 4.68. The lowest BCUT2D eigenvalue weighted by Gasteiger charge is -2.27. The highest BCUT2D eigenvalue weighted by atomic mass is 16.5. The van der Waals surface area contributed by atoms with Crippen molar-refractivity contribution in [1.29, 1.82) is 0 Å². The van der Waals surface area contributed by atoms with Crippen molar-refractivity contribution in [1.82, 2.24) is 34.7 Å². The Morgan fingerprint density at radius 2 is 2.03 bits per heavy atom. The topological polar surface area (TPSA) is 130 Å². The Labute approximate surface area is 205 Å². The maximum Gasteiger partial charge on any atom is 0.261 e. The molecule has 5 aromatic rings. The van der Waals surface area contributed by atoms with Gasteiger partial charge in [-0.15, -0.1) is 0 Å². The number of nitrogens with zero attached hydrogens (tertiary/aromatic N) is 7. The molecule has 182 valence electrons. The number of hydrogen-bond acceptors (Lipinski definition) is 8. The lowest BCUT2D eigenvalue weighted by molar-refractivity contribution is 0.122. The zero-order valence-electron chi connectivity index (χ0n) is 20.0. The Hall–Kier alpha value is -4.38. The van der Waals surface area contributed by atoms with Gasteiger partial charge < -0.3 is 19.6 Å². The Kier molecular flexibility index (Phi) is 5.53. The molecule has 2 N–H and O–H groups in total. The summed E-state index contributed by atoms with van der Waals surface area (Å²) in [6, 6.07) is 7.57. The average Bonchev–Trinajstić information content (AvgIpc) is 3.53. The summed E-state index contributed by atoms with van der Waals surface area (Å²) >= 11 is 0. The van der Waals surface area contributed by atoms with E-state index in [9.17, 15) is 4.79 Å². The van der Waals surface area contributed by atoms with E-state index in [0.29, 0.717) is 53.6 Å². The summed E-state index contributed by atoms with van der Waals surface area (Å²) in [5.41, 5.74) is 4.52. The van der Waals surface area contributed by atoms with E-state index >= 15 is 0 Å². The first kappa shape index (κ1) is 22.1. The number of aryl methyl sites for hydroxylation is 1. The number of rotatable bonds is 5. The van der Waals surface area contributed by atoms with Gasteiger partial charge in [0.2, 0.25) is 0 Å². The zero-order chi connectivity index (χ0) is 24.6. The third-order valence-electron chi connectivity index (χ3n) is 6.26. The second-order valence-corrected chi connectivity index (χ2v) is 8.58. The summed E-state index contributed by atoms with van der Waals surface area (Å²) in [7, 11) is 0. The highest BCUT2D eigenvalue weighted by molar-refractivity contribution is 6.03. The van der Waals surface area contributed by atoms with E-state index < -0.39 is 0 Å². The van der Waals surface area contributed by atoms with Gasteiger partial charge in [-0.05, 0) is 26.0 Å². The summed E-state index contributed by atoms with van der Waals surface area (Å²) in [4.78, 5) is 40.4. The molecule has 6 rings (SSSR count). The second kappa shape index (κ2) is 9.00. The summed E-state index contributed by atoms with van der Waals surface area (Å²) < 4.78 is 7.23. The molecule has 6 heterocycles. The molecule has 0 aliphatic carbocycles. The van der Waals surface area contributed by atoms with Gasteiger partial charge in [-0.25, -0.2) is 15.0 Å². The second-order valence-electron chi connectivity index (χ2n) is 8.58. The quantitative estimate of drug-likeness (QED) is 0.368. The number of morpholine rings is 1. The van der Waals surface area contributed by atoms with Crippen LogP contribution in [0.1, 0.15) is 19.5 Å². The molecular formula is C25H25N9O2. The molecule has 36 heavy (non-hydrogen) atoms. The van der Waals surface area contributed by atoms with E-state index in [0.717, 1.165) is 35.6 Å². The highest BCUT2D eigenvalue weighted by Crippen LogP contribution is 2.33. The predicted molar refractivity (Wildman–Crippen MR) is 138 cm³/mol. The molecule has 1 aliphatic rings.